The predicted octanol–water partition coefficient (Wildman–Crippen LogP) is 4.75. The van der Waals surface area contributed by atoms with Crippen LogP contribution >= 0.6 is 0 Å². The van der Waals surface area contributed by atoms with E-state index < -0.39 is 5.97 Å². The van der Waals surface area contributed by atoms with Crippen molar-refractivity contribution < 1.29 is 19.1 Å². The Kier molecular flexibility index (Phi) is 4.83. The van der Waals surface area contributed by atoms with Crippen LogP contribution in [0.25, 0.3) is 16.5 Å². The summed E-state index contributed by atoms with van der Waals surface area (Å²) in [5, 5.41) is 10.2. The summed E-state index contributed by atoms with van der Waals surface area (Å²) in [6.07, 6.45) is 2.00. The van der Waals surface area contributed by atoms with Crippen LogP contribution in [0.2, 0.25) is 0 Å². The molecule has 3 aromatic rings. The number of para-hydroxylation sites is 1. The first-order valence-corrected chi connectivity index (χ1v) is 10.4. The van der Waals surface area contributed by atoms with E-state index in [4.69, 9.17) is 14.3 Å². The van der Waals surface area contributed by atoms with Crippen LogP contribution in [0, 0.1) is 5.92 Å². The largest absolute Gasteiger partial charge is 0.486 e. The fourth-order valence-corrected chi connectivity index (χ4v) is 4.48. The highest BCUT2D eigenvalue weighted by Gasteiger charge is 2.33. The van der Waals surface area contributed by atoms with Gasteiger partial charge in [0.15, 0.2) is 0 Å². The molecule has 5 heteroatoms. The summed E-state index contributed by atoms with van der Waals surface area (Å²) in [5.74, 6) is 0.799. The number of ether oxygens (including phenoxy) is 1. The molecule has 1 aliphatic heterocycles. The van der Waals surface area contributed by atoms with Crippen molar-refractivity contribution in [3.63, 3.8) is 0 Å². The molecule has 0 bridgehead atoms. The summed E-state index contributed by atoms with van der Waals surface area (Å²) < 4.78 is 11.8. The zero-order valence-corrected chi connectivity index (χ0v) is 17.1. The van der Waals surface area contributed by atoms with E-state index in [9.17, 15) is 4.79 Å². The van der Waals surface area contributed by atoms with Crippen molar-refractivity contribution in [2.75, 3.05) is 19.6 Å². The average Bonchev–Trinajstić information content (AvgIpc) is 3.13. The Hall–Kier alpha value is -3.05. The second-order valence-electron chi connectivity index (χ2n) is 8.32. The van der Waals surface area contributed by atoms with Crippen LogP contribution in [0.3, 0.4) is 0 Å². The van der Waals surface area contributed by atoms with Gasteiger partial charge in [0.25, 0.3) is 0 Å². The van der Waals surface area contributed by atoms with Crippen molar-refractivity contribution in [1.82, 2.24) is 4.90 Å². The third-order valence-electron chi connectivity index (χ3n) is 6.29. The zero-order chi connectivity index (χ0) is 20.7. The van der Waals surface area contributed by atoms with Gasteiger partial charge in [-0.1, -0.05) is 29.8 Å². The average molecular weight is 403 g/mol. The molecule has 1 fully saturated rings. The van der Waals surface area contributed by atoms with Gasteiger partial charge in [0.2, 0.25) is 0 Å². The summed E-state index contributed by atoms with van der Waals surface area (Å²) in [7, 11) is 0. The van der Waals surface area contributed by atoms with Gasteiger partial charge in [0.05, 0.1) is 5.92 Å². The Morgan fingerprint density at radius 2 is 2.00 bits per heavy atom. The highest BCUT2D eigenvalue weighted by Crippen LogP contribution is 2.34. The minimum Gasteiger partial charge on any atom is -0.486 e. The van der Waals surface area contributed by atoms with Gasteiger partial charge in [0.1, 0.15) is 23.7 Å². The molecule has 0 spiro atoms. The van der Waals surface area contributed by atoms with Gasteiger partial charge in [0, 0.05) is 25.0 Å². The van der Waals surface area contributed by atoms with E-state index in [0.29, 0.717) is 19.7 Å². The molecule has 0 unspecified atom stereocenters. The third-order valence-corrected chi connectivity index (χ3v) is 6.29. The molecule has 5 nitrogen and oxygen atoms in total. The summed E-state index contributed by atoms with van der Waals surface area (Å²) in [6, 6.07) is 16.3. The highest BCUT2D eigenvalue weighted by atomic mass is 16.5. The number of furan rings is 1. The number of carbonyl (C=O) groups is 1. The van der Waals surface area contributed by atoms with Crippen molar-refractivity contribution in [3.05, 3.63) is 71.0 Å². The van der Waals surface area contributed by atoms with E-state index in [2.05, 4.69) is 24.0 Å². The number of benzene rings is 2. The maximum atomic E-state index is 11.0. The van der Waals surface area contributed by atoms with Crippen LogP contribution in [0.5, 0.6) is 5.75 Å². The minimum absolute atomic E-state index is 0.201. The smallest absolute Gasteiger partial charge is 0.309 e. The van der Waals surface area contributed by atoms with Crippen LogP contribution in [0.1, 0.15) is 30.2 Å². The maximum Gasteiger partial charge on any atom is 0.309 e. The number of carboxylic acid groups (broad SMARTS) is 1. The Morgan fingerprint density at radius 1 is 1.17 bits per heavy atom. The van der Waals surface area contributed by atoms with E-state index in [0.717, 1.165) is 41.9 Å². The molecule has 0 radical (unpaired) electrons. The number of hydrogen-bond donors (Lipinski definition) is 1. The van der Waals surface area contributed by atoms with Crippen LogP contribution < -0.4 is 4.74 Å². The minimum atomic E-state index is -0.680. The fraction of sp³-hybridized carbons (Fsp3) is 0.320. The standard InChI is InChI=1S/C25H25NO4/c1-16-19(12-26-13-20(14-26)25(27)28)7-6-17-10-21(8-9-23(16)17)29-15-22-11-18-4-2-3-5-24(18)30-22/h2-5,8-11,20H,6-7,12-15H2,1H3,(H,27,28). The SMILES string of the molecule is CC1=C(CN2CC(C(=O)O)C2)CCc2cc(OCc3cc4ccccc4o3)ccc21. The molecule has 2 aliphatic rings. The van der Waals surface area contributed by atoms with Gasteiger partial charge in [-0.25, -0.2) is 0 Å². The quantitative estimate of drug-likeness (QED) is 0.644. The summed E-state index contributed by atoms with van der Waals surface area (Å²) in [6.45, 7) is 4.78. The lowest BCUT2D eigenvalue weighted by Crippen LogP contribution is -2.50. The molecule has 1 saturated heterocycles. The number of allylic oxidation sites excluding steroid dienone is 1. The predicted molar refractivity (Wildman–Crippen MR) is 115 cm³/mol. The normalized spacial score (nSPS) is 17.1. The van der Waals surface area contributed by atoms with Crippen LogP contribution in [-0.4, -0.2) is 35.6 Å². The molecule has 5 rings (SSSR count). The summed E-state index contributed by atoms with van der Waals surface area (Å²) in [4.78, 5) is 13.2. The van der Waals surface area contributed by atoms with Crippen molar-refractivity contribution in [1.29, 1.82) is 0 Å². The van der Waals surface area contributed by atoms with Crippen molar-refractivity contribution >= 4 is 22.5 Å². The number of hydrogen-bond acceptors (Lipinski definition) is 4. The molecule has 0 amide bonds. The van der Waals surface area contributed by atoms with Gasteiger partial charge >= 0.3 is 5.97 Å². The van der Waals surface area contributed by atoms with Gasteiger partial charge in [-0.05, 0) is 60.7 Å². The third kappa shape index (κ3) is 3.61. The number of likely N-dealkylation sites (tertiary alicyclic amines) is 1. The molecule has 1 aromatic heterocycles. The Balaban J connectivity index is 1.25. The molecular weight excluding hydrogens is 378 g/mol. The first kappa shape index (κ1) is 18.9. The van der Waals surface area contributed by atoms with E-state index >= 15 is 0 Å². The second kappa shape index (κ2) is 7.65. The zero-order valence-electron chi connectivity index (χ0n) is 17.1. The van der Waals surface area contributed by atoms with Crippen LogP contribution in [0.15, 0.2) is 58.5 Å². The molecule has 2 heterocycles. The van der Waals surface area contributed by atoms with E-state index in [-0.39, 0.29) is 5.92 Å². The van der Waals surface area contributed by atoms with Gasteiger partial charge in [-0.3, -0.25) is 9.69 Å². The Bertz CT molecular complexity index is 1100. The molecule has 1 aliphatic carbocycles. The molecular formula is C25H25NO4. The van der Waals surface area contributed by atoms with Gasteiger partial charge in [-0.2, -0.15) is 0 Å². The Labute approximate surface area is 175 Å². The molecule has 1 N–H and O–H groups in total. The Morgan fingerprint density at radius 3 is 2.80 bits per heavy atom. The fourth-order valence-electron chi connectivity index (χ4n) is 4.48. The van der Waals surface area contributed by atoms with Gasteiger partial charge < -0.3 is 14.3 Å². The number of nitrogens with zero attached hydrogens (tertiary/aromatic N) is 1. The van der Waals surface area contributed by atoms with Crippen molar-refractivity contribution in [3.8, 4) is 5.75 Å². The first-order chi connectivity index (χ1) is 14.6. The second-order valence-corrected chi connectivity index (χ2v) is 8.32. The van der Waals surface area contributed by atoms with E-state index in [1.165, 1.54) is 22.3 Å². The molecule has 30 heavy (non-hydrogen) atoms. The maximum absolute atomic E-state index is 11.0. The first-order valence-electron chi connectivity index (χ1n) is 10.4. The van der Waals surface area contributed by atoms with Crippen molar-refractivity contribution in [2.45, 2.75) is 26.4 Å². The monoisotopic (exact) mass is 403 g/mol. The lowest BCUT2D eigenvalue weighted by Gasteiger charge is -2.38. The summed E-state index contributed by atoms with van der Waals surface area (Å²) in [5.41, 5.74) is 6.21. The molecule has 0 atom stereocenters. The van der Waals surface area contributed by atoms with Gasteiger partial charge in [-0.15, -0.1) is 0 Å². The number of aryl methyl sites for hydroxylation is 1. The van der Waals surface area contributed by atoms with Crippen molar-refractivity contribution in [2.24, 2.45) is 5.92 Å². The lowest BCUT2D eigenvalue weighted by molar-refractivity contribution is -0.147. The highest BCUT2D eigenvalue weighted by molar-refractivity contribution is 5.77. The number of fused-ring (bicyclic) bond motifs is 2. The van der Waals surface area contributed by atoms with E-state index in [1.54, 1.807) is 0 Å². The molecule has 2 aromatic carbocycles. The summed E-state index contributed by atoms with van der Waals surface area (Å²) >= 11 is 0. The van der Waals surface area contributed by atoms with Crippen LogP contribution in [-0.2, 0) is 17.8 Å². The number of rotatable bonds is 6. The number of carboxylic acids is 1. The molecule has 154 valence electrons. The lowest BCUT2D eigenvalue weighted by atomic mass is 9.85. The number of aliphatic carboxylic acids is 1. The molecule has 0 saturated carbocycles. The topological polar surface area (TPSA) is 62.9 Å². The van der Waals surface area contributed by atoms with E-state index in [1.807, 2.05) is 36.4 Å². The van der Waals surface area contributed by atoms with Crippen LogP contribution in [0.4, 0.5) is 0 Å².